The smallest absolute Gasteiger partial charge is 0.106 e. The van der Waals surface area contributed by atoms with Gasteiger partial charge in [-0.05, 0) is 11.6 Å². The minimum atomic E-state index is -1.10. The molecule has 0 fully saturated rings. The van der Waals surface area contributed by atoms with Gasteiger partial charge in [0, 0.05) is 22.9 Å². The Labute approximate surface area is 80.5 Å². The second kappa shape index (κ2) is 5.18. The molecular weight excluding hydrogens is 184 g/mol. The van der Waals surface area contributed by atoms with Crippen LogP contribution in [0.4, 0.5) is 0 Å². The van der Waals surface area contributed by atoms with Crippen molar-refractivity contribution in [2.24, 2.45) is 5.11 Å². The predicted octanol–water partition coefficient (Wildman–Crippen LogP) is 0.786. The second-order valence-electron chi connectivity index (χ2n) is 2.71. The summed E-state index contributed by atoms with van der Waals surface area (Å²) in [7, 11) is 0. The van der Waals surface area contributed by atoms with E-state index in [1.165, 1.54) is 6.20 Å². The molecule has 0 aliphatic rings. The molecule has 6 heteroatoms. The Morgan fingerprint density at radius 2 is 2.36 bits per heavy atom. The average molecular weight is 194 g/mol. The minimum absolute atomic E-state index is 0.160. The monoisotopic (exact) mass is 194 g/mol. The minimum Gasteiger partial charge on any atom is -0.390 e. The number of pyridine rings is 1. The maximum Gasteiger partial charge on any atom is 0.106 e. The normalized spacial score (nSPS) is 14.1. The van der Waals surface area contributed by atoms with Crippen LogP contribution in [0.3, 0.4) is 0 Å². The van der Waals surface area contributed by atoms with Crippen molar-refractivity contribution in [2.45, 2.75) is 12.2 Å². The quantitative estimate of drug-likeness (QED) is 0.420. The molecule has 0 saturated heterocycles. The van der Waals surface area contributed by atoms with Crippen LogP contribution in [0.25, 0.3) is 10.4 Å². The van der Waals surface area contributed by atoms with Crippen molar-refractivity contribution < 1.29 is 10.2 Å². The zero-order chi connectivity index (χ0) is 10.4. The lowest BCUT2D eigenvalue weighted by Gasteiger charge is -2.15. The molecule has 0 bridgehead atoms. The highest BCUT2D eigenvalue weighted by Gasteiger charge is 2.17. The highest BCUT2D eigenvalue weighted by atomic mass is 16.3. The van der Waals surface area contributed by atoms with Gasteiger partial charge in [0.05, 0.1) is 12.6 Å². The van der Waals surface area contributed by atoms with Crippen molar-refractivity contribution in [3.63, 3.8) is 0 Å². The Balaban J connectivity index is 2.65. The third-order valence-electron chi connectivity index (χ3n) is 1.72. The molecule has 2 unspecified atom stereocenters. The van der Waals surface area contributed by atoms with E-state index < -0.39 is 12.2 Å². The fraction of sp³-hybridized carbons (Fsp3) is 0.375. The van der Waals surface area contributed by atoms with Crippen LogP contribution in [0.5, 0.6) is 0 Å². The molecule has 1 aromatic heterocycles. The molecule has 1 aromatic rings. The largest absolute Gasteiger partial charge is 0.390 e. The molecule has 0 aromatic carbocycles. The summed E-state index contributed by atoms with van der Waals surface area (Å²) in [5.74, 6) is 0. The highest BCUT2D eigenvalue weighted by molar-refractivity contribution is 5.13. The van der Waals surface area contributed by atoms with Crippen LogP contribution in [0.2, 0.25) is 0 Å². The van der Waals surface area contributed by atoms with Gasteiger partial charge < -0.3 is 10.2 Å². The maximum atomic E-state index is 9.54. The van der Waals surface area contributed by atoms with E-state index in [0.29, 0.717) is 5.56 Å². The molecule has 0 radical (unpaired) electrons. The van der Waals surface area contributed by atoms with Crippen molar-refractivity contribution in [2.75, 3.05) is 6.54 Å². The van der Waals surface area contributed by atoms with E-state index in [-0.39, 0.29) is 6.54 Å². The fourth-order valence-electron chi connectivity index (χ4n) is 0.993. The lowest BCUT2D eigenvalue weighted by Crippen LogP contribution is -2.21. The first-order chi connectivity index (χ1) is 6.75. The summed E-state index contributed by atoms with van der Waals surface area (Å²) in [6, 6.07) is 3.29. The molecule has 0 amide bonds. The van der Waals surface area contributed by atoms with Gasteiger partial charge in [0.1, 0.15) is 6.10 Å². The molecule has 2 N–H and O–H groups in total. The Morgan fingerprint density at radius 1 is 1.57 bits per heavy atom. The predicted molar refractivity (Wildman–Crippen MR) is 49.2 cm³/mol. The number of hydrogen-bond acceptors (Lipinski definition) is 4. The van der Waals surface area contributed by atoms with Crippen LogP contribution in [-0.2, 0) is 0 Å². The van der Waals surface area contributed by atoms with Gasteiger partial charge in [0.25, 0.3) is 0 Å². The van der Waals surface area contributed by atoms with Gasteiger partial charge in [-0.25, -0.2) is 0 Å². The summed E-state index contributed by atoms with van der Waals surface area (Å²) < 4.78 is 0. The van der Waals surface area contributed by atoms with Crippen LogP contribution < -0.4 is 0 Å². The topological polar surface area (TPSA) is 102 Å². The van der Waals surface area contributed by atoms with Crippen LogP contribution in [-0.4, -0.2) is 27.8 Å². The summed E-state index contributed by atoms with van der Waals surface area (Å²) in [6.45, 7) is -0.160. The molecule has 0 aliphatic heterocycles. The van der Waals surface area contributed by atoms with E-state index in [4.69, 9.17) is 5.53 Å². The number of nitrogens with zero attached hydrogens (tertiary/aromatic N) is 4. The summed E-state index contributed by atoms with van der Waals surface area (Å²) >= 11 is 0. The van der Waals surface area contributed by atoms with Gasteiger partial charge in [0.2, 0.25) is 0 Å². The van der Waals surface area contributed by atoms with Gasteiger partial charge in [0.15, 0.2) is 0 Å². The number of rotatable bonds is 4. The summed E-state index contributed by atoms with van der Waals surface area (Å²) in [4.78, 5) is 6.28. The molecule has 1 rings (SSSR count). The van der Waals surface area contributed by atoms with Crippen LogP contribution in [0.1, 0.15) is 11.7 Å². The number of aromatic nitrogens is 1. The van der Waals surface area contributed by atoms with Crippen molar-refractivity contribution in [3.8, 4) is 0 Å². The van der Waals surface area contributed by atoms with Gasteiger partial charge in [-0.1, -0.05) is 11.2 Å². The molecule has 0 saturated carbocycles. The first-order valence-electron chi connectivity index (χ1n) is 4.02. The number of azide groups is 1. The average Bonchev–Trinajstić information content (AvgIpc) is 2.26. The van der Waals surface area contributed by atoms with Crippen molar-refractivity contribution in [3.05, 3.63) is 40.5 Å². The third kappa shape index (κ3) is 2.70. The van der Waals surface area contributed by atoms with Gasteiger partial charge in [-0.2, -0.15) is 0 Å². The summed E-state index contributed by atoms with van der Waals surface area (Å²) in [6.07, 6.45) is 0.837. The molecule has 14 heavy (non-hydrogen) atoms. The van der Waals surface area contributed by atoms with Gasteiger partial charge >= 0.3 is 0 Å². The number of aliphatic hydroxyl groups excluding tert-OH is 2. The summed E-state index contributed by atoms with van der Waals surface area (Å²) in [5.41, 5.74) is 8.51. The van der Waals surface area contributed by atoms with Crippen molar-refractivity contribution in [1.82, 2.24) is 4.98 Å². The number of aliphatic hydroxyl groups is 2. The van der Waals surface area contributed by atoms with E-state index in [0.717, 1.165) is 0 Å². The lowest BCUT2D eigenvalue weighted by atomic mass is 10.1. The molecule has 74 valence electrons. The Hall–Kier alpha value is -1.62. The first-order valence-corrected chi connectivity index (χ1v) is 4.02. The van der Waals surface area contributed by atoms with E-state index in [1.54, 1.807) is 18.3 Å². The molecular formula is C8H10N4O2. The zero-order valence-corrected chi connectivity index (χ0v) is 7.35. The maximum absolute atomic E-state index is 9.54. The van der Waals surface area contributed by atoms with E-state index in [2.05, 4.69) is 15.0 Å². The Bertz CT molecular complexity index is 323. The standard InChI is InChI=1S/C8H10N4O2/c9-12-11-5-7(13)8(14)6-2-1-3-10-4-6/h1-4,7-8,13-14H,5H2. The van der Waals surface area contributed by atoms with Gasteiger partial charge in [-0.15, -0.1) is 0 Å². The summed E-state index contributed by atoms with van der Waals surface area (Å²) in [5, 5.41) is 22.1. The van der Waals surface area contributed by atoms with Crippen LogP contribution >= 0.6 is 0 Å². The third-order valence-corrected chi connectivity index (χ3v) is 1.72. The lowest BCUT2D eigenvalue weighted by molar-refractivity contribution is 0.0242. The first kappa shape index (κ1) is 10.5. The Morgan fingerprint density at radius 3 is 2.93 bits per heavy atom. The van der Waals surface area contributed by atoms with Crippen LogP contribution in [0, 0.1) is 0 Å². The van der Waals surface area contributed by atoms with Crippen LogP contribution in [0.15, 0.2) is 29.6 Å². The Kier molecular flexibility index (Phi) is 3.87. The van der Waals surface area contributed by atoms with E-state index in [9.17, 15) is 10.2 Å². The zero-order valence-electron chi connectivity index (χ0n) is 7.35. The highest BCUT2D eigenvalue weighted by Crippen LogP contribution is 2.15. The molecule has 2 atom stereocenters. The van der Waals surface area contributed by atoms with Crippen molar-refractivity contribution >= 4 is 0 Å². The number of hydrogen-bond donors (Lipinski definition) is 2. The molecule has 1 heterocycles. The van der Waals surface area contributed by atoms with E-state index >= 15 is 0 Å². The molecule has 0 spiro atoms. The van der Waals surface area contributed by atoms with Gasteiger partial charge in [-0.3, -0.25) is 4.98 Å². The SMILES string of the molecule is [N-]=[N+]=NCC(O)C(O)c1cccnc1. The second-order valence-corrected chi connectivity index (χ2v) is 2.71. The van der Waals surface area contributed by atoms with E-state index in [1.807, 2.05) is 0 Å². The van der Waals surface area contributed by atoms with Crippen molar-refractivity contribution in [1.29, 1.82) is 0 Å². The molecule has 6 nitrogen and oxygen atoms in total. The molecule has 0 aliphatic carbocycles. The fourth-order valence-corrected chi connectivity index (χ4v) is 0.993.